The summed E-state index contributed by atoms with van der Waals surface area (Å²) in [7, 11) is 1.40. The predicted octanol–water partition coefficient (Wildman–Crippen LogP) is 3.82. The van der Waals surface area contributed by atoms with Crippen molar-refractivity contribution in [1.29, 1.82) is 0 Å². The molecule has 0 aromatic heterocycles. The van der Waals surface area contributed by atoms with Crippen molar-refractivity contribution in [2.45, 2.75) is 13.8 Å². The molecule has 0 spiro atoms. The first kappa shape index (κ1) is 14.5. The van der Waals surface area contributed by atoms with E-state index in [1.807, 2.05) is 32.0 Å². The van der Waals surface area contributed by atoms with Crippen LogP contribution in [-0.4, -0.2) is 19.6 Å². The van der Waals surface area contributed by atoms with Crippen LogP contribution in [0.4, 0.5) is 5.69 Å². The van der Waals surface area contributed by atoms with E-state index >= 15 is 0 Å². The highest BCUT2D eigenvalue weighted by atomic mass is 79.9. The lowest BCUT2D eigenvalue weighted by atomic mass is 9.93. The Bertz CT molecular complexity index is 419. The topological polar surface area (TPSA) is 38.3 Å². The minimum absolute atomic E-state index is 0.224. The van der Waals surface area contributed by atoms with Gasteiger partial charge in [0.15, 0.2) is 0 Å². The molecule has 17 heavy (non-hydrogen) atoms. The van der Waals surface area contributed by atoms with Gasteiger partial charge in [-0.05, 0) is 48.0 Å². The molecule has 1 N–H and O–H groups in total. The molecule has 1 rings (SSSR count). The lowest BCUT2D eigenvalue weighted by Crippen LogP contribution is -2.33. The zero-order chi connectivity index (χ0) is 13.1. The van der Waals surface area contributed by atoms with Crippen LogP contribution in [0.25, 0.3) is 0 Å². The fraction of sp³-hybridized carbons (Fsp3) is 0.417. The van der Waals surface area contributed by atoms with Gasteiger partial charge in [0.05, 0.1) is 12.5 Å². The summed E-state index contributed by atoms with van der Waals surface area (Å²) in [6, 6.07) is 5.84. The van der Waals surface area contributed by atoms with E-state index in [1.54, 1.807) is 0 Å². The molecule has 94 valence electrons. The monoisotopic (exact) mass is 363 g/mol. The van der Waals surface area contributed by atoms with E-state index < -0.39 is 5.41 Å². The summed E-state index contributed by atoms with van der Waals surface area (Å²) in [5.41, 5.74) is 0.395. The number of methoxy groups -OCH3 is 1. The first-order valence-electron chi connectivity index (χ1n) is 5.14. The standard InChI is InChI=1S/C12H15Br2NO2/c1-12(2,11(16)17-3)7-15-10-5-4-8(13)6-9(10)14/h4-6,15H,7H2,1-3H3. The lowest BCUT2D eigenvalue weighted by molar-refractivity contribution is -0.149. The van der Waals surface area contributed by atoms with Crippen molar-refractivity contribution >= 4 is 43.5 Å². The lowest BCUT2D eigenvalue weighted by Gasteiger charge is -2.22. The zero-order valence-corrected chi connectivity index (χ0v) is 13.2. The summed E-state index contributed by atoms with van der Waals surface area (Å²) < 4.78 is 6.71. The second-order valence-electron chi connectivity index (χ2n) is 4.35. The predicted molar refractivity (Wildman–Crippen MR) is 76.1 cm³/mol. The Morgan fingerprint density at radius 3 is 2.59 bits per heavy atom. The molecule has 0 saturated carbocycles. The zero-order valence-electron chi connectivity index (χ0n) is 10.0. The number of esters is 1. The van der Waals surface area contributed by atoms with Crippen LogP contribution < -0.4 is 5.32 Å². The van der Waals surface area contributed by atoms with E-state index in [4.69, 9.17) is 4.74 Å². The van der Waals surface area contributed by atoms with Gasteiger partial charge in [-0.25, -0.2) is 0 Å². The van der Waals surface area contributed by atoms with Crippen molar-refractivity contribution in [3.63, 3.8) is 0 Å². The van der Waals surface area contributed by atoms with Crippen LogP contribution in [0.3, 0.4) is 0 Å². The average Bonchev–Trinajstić information content (AvgIpc) is 2.26. The fourth-order valence-electron chi connectivity index (χ4n) is 1.30. The molecule has 0 unspecified atom stereocenters. The van der Waals surface area contributed by atoms with Gasteiger partial charge in [-0.15, -0.1) is 0 Å². The maximum Gasteiger partial charge on any atom is 0.313 e. The molecule has 0 fully saturated rings. The average molecular weight is 365 g/mol. The Morgan fingerprint density at radius 2 is 2.06 bits per heavy atom. The highest BCUT2D eigenvalue weighted by Gasteiger charge is 2.28. The molecule has 0 aliphatic carbocycles. The SMILES string of the molecule is COC(=O)C(C)(C)CNc1ccc(Br)cc1Br. The molecule has 3 nitrogen and oxygen atoms in total. The summed E-state index contributed by atoms with van der Waals surface area (Å²) >= 11 is 6.85. The third-order valence-corrected chi connectivity index (χ3v) is 3.54. The molecule has 5 heteroatoms. The number of halogens is 2. The molecule has 0 bridgehead atoms. The molecule has 0 amide bonds. The van der Waals surface area contributed by atoms with Crippen LogP contribution in [-0.2, 0) is 9.53 Å². The number of hydrogen-bond acceptors (Lipinski definition) is 3. The van der Waals surface area contributed by atoms with Gasteiger partial charge in [0, 0.05) is 21.2 Å². The molecule has 0 radical (unpaired) electrons. The number of benzene rings is 1. The van der Waals surface area contributed by atoms with Crippen LogP contribution in [0.15, 0.2) is 27.1 Å². The van der Waals surface area contributed by atoms with E-state index in [0.29, 0.717) is 6.54 Å². The minimum atomic E-state index is -0.554. The van der Waals surface area contributed by atoms with Crippen LogP contribution in [0, 0.1) is 5.41 Å². The number of carbonyl (C=O) groups is 1. The Hall–Kier alpha value is -0.550. The van der Waals surface area contributed by atoms with Gasteiger partial charge in [-0.1, -0.05) is 15.9 Å². The summed E-state index contributed by atoms with van der Waals surface area (Å²) in [4.78, 5) is 11.5. The Kier molecular flexibility index (Phi) is 5.01. The van der Waals surface area contributed by atoms with E-state index in [9.17, 15) is 4.79 Å². The van der Waals surface area contributed by atoms with Crippen LogP contribution in [0.5, 0.6) is 0 Å². The van der Waals surface area contributed by atoms with Gasteiger partial charge in [0.1, 0.15) is 0 Å². The number of hydrogen-bond donors (Lipinski definition) is 1. The summed E-state index contributed by atoms with van der Waals surface area (Å²) in [5.74, 6) is -0.224. The molecule has 1 aromatic rings. The first-order valence-corrected chi connectivity index (χ1v) is 6.73. The normalized spacial score (nSPS) is 11.1. The van der Waals surface area contributed by atoms with E-state index in [-0.39, 0.29) is 5.97 Å². The van der Waals surface area contributed by atoms with Crippen molar-refractivity contribution in [2.24, 2.45) is 5.41 Å². The highest BCUT2D eigenvalue weighted by molar-refractivity contribution is 9.11. The number of carbonyl (C=O) groups excluding carboxylic acids is 1. The van der Waals surface area contributed by atoms with Crippen LogP contribution in [0.2, 0.25) is 0 Å². The van der Waals surface area contributed by atoms with Crippen LogP contribution >= 0.6 is 31.9 Å². The Balaban J connectivity index is 2.70. The van der Waals surface area contributed by atoms with Crippen molar-refractivity contribution in [2.75, 3.05) is 19.0 Å². The quantitative estimate of drug-likeness (QED) is 0.825. The van der Waals surface area contributed by atoms with E-state index in [1.165, 1.54) is 7.11 Å². The van der Waals surface area contributed by atoms with Gasteiger partial charge in [-0.2, -0.15) is 0 Å². The molecule has 0 heterocycles. The van der Waals surface area contributed by atoms with Gasteiger partial charge >= 0.3 is 5.97 Å². The maximum absolute atomic E-state index is 11.5. The summed E-state index contributed by atoms with van der Waals surface area (Å²) in [6.07, 6.45) is 0. The third kappa shape index (κ3) is 4.00. The van der Waals surface area contributed by atoms with Crippen molar-refractivity contribution in [3.05, 3.63) is 27.1 Å². The Labute approximate surface area is 118 Å². The molecule has 0 saturated heterocycles. The second-order valence-corrected chi connectivity index (χ2v) is 6.12. The van der Waals surface area contributed by atoms with Gasteiger partial charge < -0.3 is 10.1 Å². The molecule has 0 atom stereocenters. The second kappa shape index (κ2) is 5.87. The highest BCUT2D eigenvalue weighted by Crippen LogP contribution is 2.27. The smallest absolute Gasteiger partial charge is 0.313 e. The summed E-state index contributed by atoms with van der Waals surface area (Å²) in [6.45, 7) is 4.21. The molecule has 0 aliphatic rings. The Morgan fingerprint density at radius 1 is 1.41 bits per heavy atom. The number of nitrogens with one attached hydrogen (secondary N) is 1. The van der Waals surface area contributed by atoms with Crippen molar-refractivity contribution in [3.8, 4) is 0 Å². The molecule has 1 aromatic carbocycles. The van der Waals surface area contributed by atoms with E-state index in [2.05, 4.69) is 37.2 Å². The van der Waals surface area contributed by atoms with Crippen molar-refractivity contribution < 1.29 is 9.53 Å². The molecular weight excluding hydrogens is 350 g/mol. The summed E-state index contributed by atoms with van der Waals surface area (Å²) in [5, 5.41) is 3.23. The van der Waals surface area contributed by atoms with Gasteiger partial charge in [0.2, 0.25) is 0 Å². The molecular formula is C12H15Br2NO2. The minimum Gasteiger partial charge on any atom is -0.469 e. The largest absolute Gasteiger partial charge is 0.469 e. The number of anilines is 1. The van der Waals surface area contributed by atoms with Gasteiger partial charge in [-0.3, -0.25) is 4.79 Å². The maximum atomic E-state index is 11.5. The van der Waals surface area contributed by atoms with Gasteiger partial charge in [0.25, 0.3) is 0 Å². The first-order chi connectivity index (χ1) is 7.86. The molecule has 0 aliphatic heterocycles. The third-order valence-electron chi connectivity index (χ3n) is 2.39. The van der Waals surface area contributed by atoms with E-state index in [0.717, 1.165) is 14.6 Å². The number of ether oxygens (including phenoxy) is 1. The fourth-order valence-corrected chi connectivity index (χ4v) is 2.48. The van der Waals surface area contributed by atoms with Crippen molar-refractivity contribution in [1.82, 2.24) is 0 Å². The van der Waals surface area contributed by atoms with Crippen LogP contribution in [0.1, 0.15) is 13.8 Å². The number of rotatable bonds is 4.